The van der Waals surface area contributed by atoms with Crippen LogP contribution in [0.4, 0.5) is 5.69 Å². The number of sulfonamides is 1. The second-order valence-electron chi connectivity index (χ2n) is 7.06. The lowest BCUT2D eigenvalue weighted by atomic mass is 10.1. The van der Waals surface area contributed by atoms with Crippen LogP contribution >= 0.6 is 11.6 Å². The van der Waals surface area contributed by atoms with Crippen LogP contribution in [0, 0.1) is 13.8 Å². The molecular weight excluding hydrogens is 398 g/mol. The Hall–Kier alpha value is -1.93. The van der Waals surface area contributed by atoms with Crippen molar-refractivity contribution in [3.05, 3.63) is 58.6 Å². The minimum absolute atomic E-state index is 0.101. The topological polar surface area (TPSA) is 69.7 Å². The quantitative estimate of drug-likeness (QED) is 0.805. The predicted octanol–water partition coefficient (Wildman–Crippen LogP) is 2.90. The summed E-state index contributed by atoms with van der Waals surface area (Å²) < 4.78 is 26.9. The zero-order valence-corrected chi connectivity index (χ0v) is 17.6. The van der Waals surface area contributed by atoms with Crippen LogP contribution in [0.1, 0.15) is 11.1 Å². The van der Waals surface area contributed by atoms with Crippen LogP contribution in [-0.4, -0.2) is 56.3 Å². The minimum atomic E-state index is -3.57. The lowest BCUT2D eigenvalue weighted by Crippen LogP contribution is -2.50. The fourth-order valence-electron chi connectivity index (χ4n) is 3.35. The molecule has 1 heterocycles. The maximum Gasteiger partial charge on any atom is 0.243 e. The van der Waals surface area contributed by atoms with Crippen molar-refractivity contribution in [3.63, 3.8) is 0 Å². The SMILES string of the molecule is Cc1cc(C)cc(NC(=O)CN2CCN(S(=O)(=O)c3cccc(Cl)c3)CC2)c1. The predicted molar refractivity (Wildman–Crippen MR) is 111 cm³/mol. The lowest BCUT2D eigenvalue weighted by molar-refractivity contribution is -0.117. The zero-order valence-electron chi connectivity index (χ0n) is 16.0. The van der Waals surface area contributed by atoms with Gasteiger partial charge in [0.1, 0.15) is 0 Å². The highest BCUT2D eigenvalue weighted by atomic mass is 35.5. The van der Waals surface area contributed by atoms with Crippen molar-refractivity contribution < 1.29 is 13.2 Å². The molecule has 1 saturated heterocycles. The van der Waals surface area contributed by atoms with Gasteiger partial charge >= 0.3 is 0 Å². The van der Waals surface area contributed by atoms with Crippen LogP contribution < -0.4 is 5.32 Å². The monoisotopic (exact) mass is 421 g/mol. The normalized spacial score (nSPS) is 16.1. The molecule has 6 nitrogen and oxygen atoms in total. The number of rotatable bonds is 5. The molecule has 0 unspecified atom stereocenters. The molecule has 0 saturated carbocycles. The fraction of sp³-hybridized carbons (Fsp3) is 0.350. The number of carbonyl (C=O) groups is 1. The zero-order chi connectivity index (χ0) is 20.3. The molecule has 1 fully saturated rings. The van der Waals surface area contributed by atoms with E-state index in [1.807, 2.05) is 30.9 Å². The maximum atomic E-state index is 12.7. The van der Waals surface area contributed by atoms with E-state index < -0.39 is 10.0 Å². The Balaban J connectivity index is 1.56. The van der Waals surface area contributed by atoms with Crippen LogP contribution in [0.15, 0.2) is 47.4 Å². The number of hydrogen-bond donors (Lipinski definition) is 1. The summed E-state index contributed by atoms with van der Waals surface area (Å²) in [5.74, 6) is -0.101. The van der Waals surface area contributed by atoms with E-state index in [4.69, 9.17) is 11.6 Å². The van der Waals surface area contributed by atoms with Gasteiger partial charge in [-0.05, 0) is 55.3 Å². The Morgan fingerprint density at radius 2 is 1.68 bits per heavy atom. The van der Waals surface area contributed by atoms with Crippen LogP contribution in [0.25, 0.3) is 0 Å². The molecule has 0 bridgehead atoms. The number of aryl methyl sites for hydroxylation is 2. The Kier molecular flexibility index (Phi) is 6.40. The number of hydrogen-bond acceptors (Lipinski definition) is 4. The van der Waals surface area contributed by atoms with E-state index in [2.05, 4.69) is 11.4 Å². The van der Waals surface area contributed by atoms with E-state index in [1.54, 1.807) is 18.2 Å². The van der Waals surface area contributed by atoms with Crippen molar-refractivity contribution >= 4 is 33.2 Å². The summed E-state index contributed by atoms with van der Waals surface area (Å²) in [6, 6.07) is 12.2. The summed E-state index contributed by atoms with van der Waals surface area (Å²) in [6.07, 6.45) is 0. The largest absolute Gasteiger partial charge is 0.325 e. The second-order valence-corrected chi connectivity index (χ2v) is 9.44. The number of halogens is 1. The van der Waals surface area contributed by atoms with Gasteiger partial charge in [-0.15, -0.1) is 0 Å². The summed E-state index contributed by atoms with van der Waals surface area (Å²) in [5.41, 5.74) is 2.97. The van der Waals surface area contributed by atoms with Crippen molar-refractivity contribution in [1.82, 2.24) is 9.21 Å². The molecule has 0 aliphatic carbocycles. The van der Waals surface area contributed by atoms with Gasteiger partial charge in [0.15, 0.2) is 0 Å². The third kappa shape index (κ3) is 5.11. The minimum Gasteiger partial charge on any atom is -0.325 e. The summed E-state index contributed by atoms with van der Waals surface area (Å²) in [7, 11) is -3.57. The van der Waals surface area contributed by atoms with E-state index in [0.717, 1.165) is 16.8 Å². The van der Waals surface area contributed by atoms with Crippen molar-refractivity contribution in [2.75, 3.05) is 38.0 Å². The molecule has 2 aromatic rings. The van der Waals surface area contributed by atoms with E-state index in [1.165, 1.54) is 10.4 Å². The highest BCUT2D eigenvalue weighted by molar-refractivity contribution is 7.89. The van der Waals surface area contributed by atoms with Crippen LogP contribution in [0.2, 0.25) is 5.02 Å². The molecule has 28 heavy (non-hydrogen) atoms. The molecule has 0 atom stereocenters. The van der Waals surface area contributed by atoms with Crippen molar-refractivity contribution in [2.24, 2.45) is 0 Å². The van der Waals surface area contributed by atoms with Gasteiger partial charge in [0.05, 0.1) is 11.4 Å². The average Bonchev–Trinajstić information content (AvgIpc) is 2.61. The summed E-state index contributed by atoms with van der Waals surface area (Å²) in [6.45, 7) is 5.89. The number of carbonyl (C=O) groups excluding carboxylic acids is 1. The molecule has 0 spiro atoms. The molecule has 1 aliphatic heterocycles. The van der Waals surface area contributed by atoms with Crippen LogP contribution in [-0.2, 0) is 14.8 Å². The third-order valence-corrected chi connectivity index (χ3v) is 6.77. The van der Waals surface area contributed by atoms with Gasteiger partial charge in [-0.1, -0.05) is 23.7 Å². The first-order valence-electron chi connectivity index (χ1n) is 9.10. The van der Waals surface area contributed by atoms with Crippen LogP contribution in [0.5, 0.6) is 0 Å². The molecule has 1 N–H and O–H groups in total. The Bertz CT molecular complexity index is 950. The van der Waals surface area contributed by atoms with Gasteiger partial charge in [-0.3, -0.25) is 9.69 Å². The van der Waals surface area contributed by atoms with Gasteiger partial charge < -0.3 is 5.32 Å². The molecule has 1 aliphatic rings. The molecule has 3 rings (SSSR count). The van der Waals surface area contributed by atoms with Crippen LogP contribution in [0.3, 0.4) is 0 Å². The van der Waals surface area contributed by atoms with Gasteiger partial charge in [0, 0.05) is 36.9 Å². The summed E-state index contributed by atoms with van der Waals surface area (Å²) in [5, 5.41) is 3.31. The lowest BCUT2D eigenvalue weighted by Gasteiger charge is -2.33. The molecule has 150 valence electrons. The molecule has 0 radical (unpaired) electrons. The van der Waals surface area contributed by atoms with Gasteiger partial charge in [0.2, 0.25) is 15.9 Å². The van der Waals surface area contributed by atoms with Gasteiger partial charge in [-0.25, -0.2) is 8.42 Å². The number of nitrogens with zero attached hydrogens (tertiary/aromatic N) is 2. The van der Waals surface area contributed by atoms with Crippen molar-refractivity contribution in [3.8, 4) is 0 Å². The third-order valence-electron chi connectivity index (χ3n) is 4.64. The molecule has 1 amide bonds. The van der Waals surface area contributed by atoms with E-state index in [-0.39, 0.29) is 17.3 Å². The molecule has 8 heteroatoms. The van der Waals surface area contributed by atoms with E-state index in [0.29, 0.717) is 31.2 Å². The smallest absolute Gasteiger partial charge is 0.243 e. The number of anilines is 1. The van der Waals surface area contributed by atoms with E-state index >= 15 is 0 Å². The number of amides is 1. The number of piperazine rings is 1. The Labute approximate surface area is 171 Å². The van der Waals surface area contributed by atoms with Crippen molar-refractivity contribution in [2.45, 2.75) is 18.7 Å². The fourth-order valence-corrected chi connectivity index (χ4v) is 5.08. The first kappa shape index (κ1) is 20.8. The van der Waals surface area contributed by atoms with Gasteiger partial charge in [0.25, 0.3) is 0 Å². The highest BCUT2D eigenvalue weighted by Crippen LogP contribution is 2.21. The standard InChI is InChI=1S/C20H24ClN3O3S/c1-15-10-16(2)12-18(11-15)22-20(25)14-23-6-8-24(9-7-23)28(26,27)19-5-3-4-17(21)13-19/h3-5,10-13H,6-9,14H2,1-2H3,(H,22,25). The summed E-state index contributed by atoms with van der Waals surface area (Å²) >= 11 is 5.92. The summed E-state index contributed by atoms with van der Waals surface area (Å²) in [4.78, 5) is 14.5. The Morgan fingerprint density at radius 3 is 2.29 bits per heavy atom. The van der Waals surface area contributed by atoms with E-state index in [9.17, 15) is 13.2 Å². The average molecular weight is 422 g/mol. The van der Waals surface area contributed by atoms with Crippen molar-refractivity contribution in [1.29, 1.82) is 0 Å². The first-order chi connectivity index (χ1) is 13.2. The Morgan fingerprint density at radius 1 is 1.04 bits per heavy atom. The number of nitrogens with one attached hydrogen (secondary N) is 1. The first-order valence-corrected chi connectivity index (χ1v) is 10.9. The maximum absolute atomic E-state index is 12.7. The molecular formula is C20H24ClN3O3S. The number of benzene rings is 2. The molecule has 2 aromatic carbocycles. The van der Waals surface area contributed by atoms with Gasteiger partial charge in [-0.2, -0.15) is 4.31 Å². The second kappa shape index (κ2) is 8.61. The highest BCUT2D eigenvalue weighted by Gasteiger charge is 2.29. The molecule has 0 aromatic heterocycles.